The highest BCUT2D eigenvalue weighted by Crippen LogP contribution is 2.22. The summed E-state index contributed by atoms with van der Waals surface area (Å²) in [5.41, 5.74) is 0. The third-order valence-corrected chi connectivity index (χ3v) is 4.96. The Bertz CT molecular complexity index is 516. The van der Waals surface area contributed by atoms with Crippen LogP contribution in [0, 0.1) is 0 Å². The van der Waals surface area contributed by atoms with E-state index in [1.165, 1.54) is 0 Å². The molecule has 18 heavy (non-hydrogen) atoms. The minimum absolute atomic E-state index is 0.0411. The van der Waals surface area contributed by atoms with Crippen LogP contribution < -0.4 is 10.2 Å². The lowest BCUT2D eigenvalue weighted by Gasteiger charge is -2.24. The molecule has 0 bridgehead atoms. The van der Waals surface area contributed by atoms with Crippen LogP contribution in [0.5, 0.6) is 0 Å². The molecule has 0 saturated carbocycles. The van der Waals surface area contributed by atoms with E-state index in [1.54, 1.807) is 0 Å². The number of hydrogen-bond acceptors (Lipinski definition) is 5. The second-order valence-electron chi connectivity index (χ2n) is 4.58. The molecule has 1 unspecified atom stereocenters. The maximum atomic E-state index is 11.5. The van der Waals surface area contributed by atoms with Gasteiger partial charge in [-0.3, -0.25) is 0 Å². The molecule has 0 spiro atoms. The van der Waals surface area contributed by atoms with Gasteiger partial charge in [0.25, 0.3) is 0 Å². The van der Waals surface area contributed by atoms with Gasteiger partial charge in [0, 0.05) is 19.6 Å². The molecular weight excluding hydrogens is 250 g/mol. The Morgan fingerprint density at radius 1 is 1.50 bits per heavy atom. The predicted molar refractivity (Wildman–Crippen MR) is 73.9 cm³/mol. The molecule has 1 aliphatic rings. The summed E-state index contributed by atoms with van der Waals surface area (Å²) in [5.74, 6) is 2.16. The maximum Gasteiger partial charge on any atom is 0.152 e. The molecule has 1 saturated heterocycles. The Balaban J connectivity index is 2.13. The minimum Gasteiger partial charge on any atom is -0.370 e. The zero-order valence-electron chi connectivity index (χ0n) is 10.8. The summed E-state index contributed by atoms with van der Waals surface area (Å²) in [5, 5.41) is 3.15. The molecule has 1 aromatic heterocycles. The number of sulfone groups is 1. The van der Waals surface area contributed by atoms with Crippen LogP contribution in [-0.4, -0.2) is 44.5 Å². The minimum atomic E-state index is -2.85. The van der Waals surface area contributed by atoms with Crippen LogP contribution in [0.15, 0.2) is 18.2 Å². The fourth-order valence-electron chi connectivity index (χ4n) is 2.17. The number of aromatic nitrogens is 1. The van der Waals surface area contributed by atoms with Gasteiger partial charge in [0.2, 0.25) is 0 Å². The second kappa shape index (κ2) is 5.14. The standard InChI is InChI=1S/C12H19N3O2S/c1-3-13-11-5-4-6-12(14-11)15(2)10-7-8-18(16,17)9-10/h4-6,10H,3,7-9H2,1-2H3,(H,13,14). The number of anilines is 2. The van der Waals surface area contributed by atoms with E-state index in [9.17, 15) is 8.42 Å². The van der Waals surface area contributed by atoms with E-state index < -0.39 is 9.84 Å². The number of nitrogens with zero attached hydrogens (tertiary/aromatic N) is 2. The Hall–Kier alpha value is -1.30. The van der Waals surface area contributed by atoms with Crippen LogP contribution in [0.1, 0.15) is 13.3 Å². The van der Waals surface area contributed by atoms with E-state index in [1.807, 2.05) is 37.1 Å². The lowest BCUT2D eigenvalue weighted by Crippen LogP contribution is -2.33. The van der Waals surface area contributed by atoms with Crippen molar-refractivity contribution in [1.29, 1.82) is 0 Å². The normalized spacial score (nSPS) is 21.8. The lowest BCUT2D eigenvalue weighted by atomic mass is 10.2. The fourth-order valence-corrected chi connectivity index (χ4v) is 3.94. The maximum absolute atomic E-state index is 11.5. The number of rotatable bonds is 4. The van der Waals surface area contributed by atoms with E-state index >= 15 is 0 Å². The molecule has 0 aromatic carbocycles. The van der Waals surface area contributed by atoms with Gasteiger partial charge in [0.15, 0.2) is 9.84 Å². The lowest BCUT2D eigenvalue weighted by molar-refractivity contribution is 0.600. The zero-order chi connectivity index (χ0) is 13.2. The summed E-state index contributed by atoms with van der Waals surface area (Å²) in [6.45, 7) is 2.83. The van der Waals surface area contributed by atoms with E-state index in [2.05, 4.69) is 10.3 Å². The molecule has 5 nitrogen and oxygen atoms in total. The Morgan fingerprint density at radius 2 is 2.28 bits per heavy atom. The smallest absolute Gasteiger partial charge is 0.152 e. The number of pyridine rings is 1. The van der Waals surface area contributed by atoms with Gasteiger partial charge in [0.05, 0.1) is 11.5 Å². The first-order valence-electron chi connectivity index (χ1n) is 6.16. The Kier molecular flexibility index (Phi) is 3.75. The molecule has 2 heterocycles. The van der Waals surface area contributed by atoms with Crippen LogP contribution in [0.2, 0.25) is 0 Å². The molecule has 1 N–H and O–H groups in total. The quantitative estimate of drug-likeness (QED) is 0.888. The third-order valence-electron chi connectivity index (χ3n) is 3.21. The van der Waals surface area contributed by atoms with E-state index in [0.717, 1.165) is 18.2 Å². The monoisotopic (exact) mass is 269 g/mol. The van der Waals surface area contributed by atoms with Gasteiger partial charge >= 0.3 is 0 Å². The van der Waals surface area contributed by atoms with Crippen LogP contribution in [0.3, 0.4) is 0 Å². The molecule has 0 amide bonds. The van der Waals surface area contributed by atoms with Gasteiger partial charge in [-0.15, -0.1) is 0 Å². The highest BCUT2D eigenvalue weighted by atomic mass is 32.2. The average molecular weight is 269 g/mol. The van der Waals surface area contributed by atoms with Gasteiger partial charge < -0.3 is 10.2 Å². The fraction of sp³-hybridized carbons (Fsp3) is 0.583. The van der Waals surface area contributed by atoms with E-state index in [-0.39, 0.29) is 17.5 Å². The molecule has 100 valence electrons. The van der Waals surface area contributed by atoms with Crippen molar-refractivity contribution in [3.05, 3.63) is 18.2 Å². The van der Waals surface area contributed by atoms with Crippen molar-refractivity contribution in [3.63, 3.8) is 0 Å². The predicted octanol–water partition coefficient (Wildman–Crippen LogP) is 1.14. The van der Waals surface area contributed by atoms with Crippen molar-refractivity contribution in [2.45, 2.75) is 19.4 Å². The topological polar surface area (TPSA) is 62.3 Å². The average Bonchev–Trinajstić information content (AvgIpc) is 2.70. The van der Waals surface area contributed by atoms with E-state index in [4.69, 9.17) is 0 Å². The Morgan fingerprint density at radius 3 is 2.89 bits per heavy atom. The zero-order valence-corrected chi connectivity index (χ0v) is 11.6. The molecule has 1 fully saturated rings. The summed E-state index contributed by atoms with van der Waals surface area (Å²) in [4.78, 5) is 6.44. The Labute approximate surface area is 108 Å². The van der Waals surface area contributed by atoms with Crippen molar-refractivity contribution in [3.8, 4) is 0 Å². The summed E-state index contributed by atoms with van der Waals surface area (Å²) in [6.07, 6.45) is 0.686. The van der Waals surface area contributed by atoms with E-state index in [0.29, 0.717) is 6.42 Å². The van der Waals surface area contributed by atoms with Gasteiger partial charge in [0.1, 0.15) is 11.6 Å². The number of nitrogens with one attached hydrogen (secondary N) is 1. The molecule has 1 aromatic rings. The van der Waals surface area contributed by atoms with Crippen molar-refractivity contribution in [2.75, 3.05) is 35.3 Å². The highest BCUT2D eigenvalue weighted by Gasteiger charge is 2.31. The van der Waals surface area contributed by atoms with Crippen LogP contribution in [0.25, 0.3) is 0 Å². The van der Waals surface area contributed by atoms with Crippen LogP contribution in [0.4, 0.5) is 11.6 Å². The van der Waals surface area contributed by atoms with Crippen molar-refractivity contribution in [2.24, 2.45) is 0 Å². The molecule has 1 atom stereocenters. The summed E-state index contributed by atoms with van der Waals surface area (Å²) >= 11 is 0. The molecule has 0 aliphatic carbocycles. The van der Waals surface area contributed by atoms with Gasteiger partial charge in [-0.25, -0.2) is 13.4 Å². The summed E-state index contributed by atoms with van der Waals surface area (Å²) in [6, 6.07) is 5.79. The largest absolute Gasteiger partial charge is 0.370 e. The summed E-state index contributed by atoms with van der Waals surface area (Å²) in [7, 11) is -0.948. The number of hydrogen-bond donors (Lipinski definition) is 1. The van der Waals surface area contributed by atoms with Gasteiger partial charge in [-0.2, -0.15) is 0 Å². The first-order valence-corrected chi connectivity index (χ1v) is 7.98. The molecular formula is C12H19N3O2S. The van der Waals surface area contributed by atoms with Crippen molar-refractivity contribution < 1.29 is 8.42 Å². The summed E-state index contributed by atoms with van der Waals surface area (Å²) < 4.78 is 23.0. The van der Waals surface area contributed by atoms with Crippen molar-refractivity contribution in [1.82, 2.24) is 4.98 Å². The van der Waals surface area contributed by atoms with Gasteiger partial charge in [-0.1, -0.05) is 6.07 Å². The third kappa shape index (κ3) is 2.93. The molecule has 6 heteroatoms. The first kappa shape index (κ1) is 13.1. The molecule has 0 radical (unpaired) electrons. The second-order valence-corrected chi connectivity index (χ2v) is 6.81. The first-order chi connectivity index (χ1) is 8.52. The van der Waals surface area contributed by atoms with Crippen LogP contribution in [-0.2, 0) is 9.84 Å². The van der Waals surface area contributed by atoms with Crippen molar-refractivity contribution >= 4 is 21.5 Å². The van der Waals surface area contributed by atoms with Crippen LogP contribution >= 0.6 is 0 Å². The molecule has 2 rings (SSSR count). The van der Waals surface area contributed by atoms with Gasteiger partial charge in [-0.05, 0) is 25.5 Å². The molecule has 1 aliphatic heterocycles. The highest BCUT2D eigenvalue weighted by molar-refractivity contribution is 7.91. The SMILES string of the molecule is CCNc1cccc(N(C)C2CCS(=O)(=O)C2)n1.